The van der Waals surface area contributed by atoms with Crippen molar-refractivity contribution in [3.05, 3.63) is 93.4 Å². The minimum Gasteiger partial charge on any atom is -0.449 e. The van der Waals surface area contributed by atoms with Crippen LogP contribution in [-0.4, -0.2) is 38.9 Å². The number of piperazine rings is 1. The molecule has 0 atom stereocenters. The average molecular weight is 469 g/mol. The molecule has 0 aromatic heterocycles. The molecule has 2 aliphatic rings. The van der Waals surface area contributed by atoms with Crippen molar-refractivity contribution in [2.75, 3.05) is 37.7 Å². The number of carbonyl (C=O) groups is 1. The minimum atomic E-state index is -0.468. The summed E-state index contributed by atoms with van der Waals surface area (Å²) in [5.41, 5.74) is 17.1. The van der Waals surface area contributed by atoms with Crippen LogP contribution in [0.2, 0.25) is 0 Å². The monoisotopic (exact) mass is 468 g/mol. The van der Waals surface area contributed by atoms with Gasteiger partial charge in [0, 0.05) is 54.9 Å². The summed E-state index contributed by atoms with van der Waals surface area (Å²) >= 11 is 0. The van der Waals surface area contributed by atoms with E-state index in [-0.39, 0.29) is 19.1 Å². The van der Waals surface area contributed by atoms with E-state index in [1.807, 2.05) is 37.3 Å². The van der Waals surface area contributed by atoms with Crippen molar-refractivity contribution >= 4 is 17.5 Å². The number of hydrogen-bond donors (Lipinski definition) is 2. The molecular weight excluding hydrogens is 440 g/mol. The number of amides is 1. The van der Waals surface area contributed by atoms with Gasteiger partial charge in [-0.3, -0.25) is 0 Å². The maximum atomic E-state index is 12.7. The van der Waals surface area contributed by atoms with Crippen LogP contribution in [0.25, 0.3) is 21.6 Å². The van der Waals surface area contributed by atoms with Crippen LogP contribution >= 0.6 is 0 Å². The Morgan fingerprint density at radius 2 is 1.77 bits per heavy atom. The molecule has 8 heteroatoms. The summed E-state index contributed by atoms with van der Waals surface area (Å²) < 4.78 is 5.67. The molecule has 0 bridgehead atoms. The molecule has 3 aromatic carbocycles. The molecule has 1 fully saturated rings. The molecular formula is C27H28N6O2. The van der Waals surface area contributed by atoms with E-state index in [1.54, 1.807) is 0 Å². The van der Waals surface area contributed by atoms with E-state index in [4.69, 9.17) is 10.3 Å². The standard InChI is InChI=1S/C27H28N6O2/c1-18-19(14-20(15-26(18)31-32-28)33-12-10-29-11-13-33)16-30-27(34)35-17-25-23-8-4-2-6-21(23)22-7-3-5-9-24(22)25/h2-9,14-15,25,29H,10-13,16-17H2,1H3,(H,30,34). The van der Waals surface area contributed by atoms with E-state index < -0.39 is 6.09 Å². The molecule has 0 saturated carbocycles. The van der Waals surface area contributed by atoms with Crippen molar-refractivity contribution in [2.45, 2.75) is 19.4 Å². The van der Waals surface area contributed by atoms with Crippen LogP contribution < -0.4 is 15.5 Å². The molecule has 178 valence electrons. The number of nitrogens with one attached hydrogen (secondary N) is 2. The molecule has 1 aliphatic heterocycles. The van der Waals surface area contributed by atoms with Crippen LogP contribution in [-0.2, 0) is 11.3 Å². The Bertz CT molecular complexity index is 1250. The number of carbonyl (C=O) groups excluding carboxylic acids is 1. The van der Waals surface area contributed by atoms with Crippen molar-refractivity contribution in [2.24, 2.45) is 5.11 Å². The molecule has 3 aromatic rings. The summed E-state index contributed by atoms with van der Waals surface area (Å²) in [5.74, 6) is 0.0162. The van der Waals surface area contributed by atoms with Crippen molar-refractivity contribution in [1.29, 1.82) is 0 Å². The zero-order valence-electron chi connectivity index (χ0n) is 19.7. The van der Waals surface area contributed by atoms with Crippen molar-refractivity contribution in [3.8, 4) is 11.1 Å². The predicted octanol–water partition coefficient (Wildman–Crippen LogP) is 5.39. The van der Waals surface area contributed by atoms with E-state index in [0.29, 0.717) is 5.69 Å². The molecule has 0 radical (unpaired) electrons. The Labute approximate surface area is 204 Å². The van der Waals surface area contributed by atoms with Gasteiger partial charge >= 0.3 is 6.09 Å². The zero-order chi connectivity index (χ0) is 24.2. The Morgan fingerprint density at radius 3 is 2.43 bits per heavy atom. The summed E-state index contributed by atoms with van der Waals surface area (Å²) in [6.07, 6.45) is -0.468. The molecule has 0 spiro atoms. The lowest BCUT2D eigenvalue weighted by Crippen LogP contribution is -2.43. The molecule has 2 N–H and O–H groups in total. The van der Waals surface area contributed by atoms with Gasteiger partial charge in [0.05, 0.1) is 0 Å². The largest absolute Gasteiger partial charge is 0.449 e. The Morgan fingerprint density at radius 1 is 1.11 bits per heavy atom. The van der Waals surface area contributed by atoms with Crippen LogP contribution in [0.5, 0.6) is 0 Å². The molecule has 35 heavy (non-hydrogen) atoms. The summed E-state index contributed by atoms with van der Waals surface area (Å²) in [4.78, 5) is 17.9. The van der Waals surface area contributed by atoms with Crippen molar-refractivity contribution < 1.29 is 9.53 Å². The lowest BCUT2D eigenvalue weighted by atomic mass is 9.98. The van der Waals surface area contributed by atoms with Crippen molar-refractivity contribution in [1.82, 2.24) is 10.6 Å². The molecule has 1 amide bonds. The molecule has 1 saturated heterocycles. The number of ether oxygens (including phenoxy) is 1. The van der Waals surface area contributed by atoms with Gasteiger partial charge in [0.1, 0.15) is 6.61 Å². The maximum Gasteiger partial charge on any atom is 0.407 e. The molecule has 8 nitrogen and oxygen atoms in total. The highest BCUT2D eigenvalue weighted by atomic mass is 16.5. The number of alkyl carbamates (subject to hydrolysis) is 1. The zero-order valence-corrected chi connectivity index (χ0v) is 19.7. The highest BCUT2D eigenvalue weighted by Gasteiger charge is 2.29. The summed E-state index contributed by atoms with van der Waals surface area (Å²) in [7, 11) is 0. The number of fused-ring (bicyclic) bond motifs is 3. The Hall–Kier alpha value is -4.00. The average Bonchev–Trinajstić information content (AvgIpc) is 3.22. The SMILES string of the molecule is Cc1c(CNC(=O)OCC2c3ccccc3-c3ccccc32)cc(N2CCNCC2)cc1N=[N+]=[N-]. The smallest absolute Gasteiger partial charge is 0.407 e. The molecule has 5 rings (SSSR count). The van der Waals surface area contributed by atoms with E-state index in [0.717, 1.165) is 43.0 Å². The van der Waals surface area contributed by atoms with Crippen LogP contribution in [0.1, 0.15) is 28.2 Å². The van der Waals surface area contributed by atoms with E-state index >= 15 is 0 Å². The summed E-state index contributed by atoms with van der Waals surface area (Å²) in [6, 6.07) is 20.5. The fourth-order valence-electron chi connectivity index (χ4n) is 5.00. The Kier molecular flexibility index (Phi) is 6.57. The van der Waals surface area contributed by atoms with Gasteiger partial charge in [-0.05, 0) is 58.0 Å². The van der Waals surface area contributed by atoms with Crippen LogP contribution in [0.3, 0.4) is 0 Å². The first-order chi connectivity index (χ1) is 17.2. The fraction of sp³-hybridized carbons (Fsp3) is 0.296. The van der Waals surface area contributed by atoms with Crippen molar-refractivity contribution in [3.63, 3.8) is 0 Å². The van der Waals surface area contributed by atoms with Crippen LogP contribution in [0.15, 0.2) is 65.8 Å². The number of benzene rings is 3. The van der Waals surface area contributed by atoms with Gasteiger partial charge in [-0.1, -0.05) is 53.6 Å². The molecule has 1 heterocycles. The van der Waals surface area contributed by atoms with Gasteiger partial charge in [-0.15, -0.1) is 0 Å². The fourth-order valence-corrected chi connectivity index (χ4v) is 5.00. The number of hydrogen-bond acceptors (Lipinski definition) is 5. The Balaban J connectivity index is 1.28. The minimum absolute atomic E-state index is 0.0162. The lowest BCUT2D eigenvalue weighted by Gasteiger charge is -2.30. The summed E-state index contributed by atoms with van der Waals surface area (Å²) in [5, 5.41) is 10.1. The molecule has 0 unspecified atom stereocenters. The van der Waals surface area contributed by atoms with E-state index in [1.165, 1.54) is 22.3 Å². The topological polar surface area (TPSA) is 102 Å². The third-order valence-corrected chi connectivity index (χ3v) is 6.87. The van der Waals surface area contributed by atoms with E-state index in [9.17, 15) is 4.79 Å². The highest BCUT2D eigenvalue weighted by molar-refractivity contribution is 5.79. The van der Waals surface area contributed by atoms with Gasteiger partial charge in [-0.25, -0.2) is 4.79 Å². The summed E-state index contributed by atoms with van der Waals surface area (Å²) in [6.45, 7) is 6.01. The normalized spacial score (nSPS) is 14.6. The highest BCUT2D eigenvalue weighted by Crippen LogP contribution is 2.44. The predicted molar refractivity (Wildman–Crippen MR) is 137 cm³/mol. The maximum absolute atomic E-state index is 12.7. The first-order valence-corrected chi connectivity index (χ1v) is 11.9. The lowest BCUT2D eigenvalue weighted by molar-refractivity contribution is 0.142. The number of nitrogens with zero attached hydrogens (tertiary/aromatic N) is 4. The second kappa shape index (κ2) is 10.1. The van der Waals surface area contributed by atoms with Gasteiger partial charge in [0.15, 0.2) is 0 Å². The first-order valence-electron chi connectivity index (χ1n) is 11.9. The van der Waals surface area contributed by atoms with Gasteiger partial charge < -0.3 is 20.3 Å². The second-order valence-corrected chi connectivity index (χ2v) is 8.85. The number of rotatable bonds is 6. The van der Waals surface area contributed by atoms with Crippen LogP contribution in [0.4, 0.5) is 16.2 Å². The third kappa shape index (κ3) is 4.67. The third-order valence-electron chi connectivity index (χ3n) is 6.87. The van der Waals surface area contributed by atoms with Gasteiger partial charge in [-0.2, -0.15) is 0 Å². The van der Waals surface area contributed by atoms with Gasteiger partial charge in [0.2, 0.25) is 0 Å². The quantitative estimate of drug-likeness (QED) is 0.288. The second-order valence-electron chi connectivity index (χ2n) is 8.85. The van der Waals surface area contributed by atoms with Gasteiger partial charge in [0.25, 0.3) is 0 Å². The van der Waals surface area contributed by atoms with Crippen LogP contribution in [0, 0.1) is 6.92 Å². The number of azide groups is 1. The number of anilines is 1. The van der Waals surface area contributed by atoms with E-state index in [2.05, 4.69) is 55.9 Å². The first kappa shape index (κ1) is 22.8. The molecule has 1 aliphatic carbocycles.